The number of halogens is 1. The molecule has 0 bridgehead atoms. The summed E-state index contributed by atoms with van der Waals surface area (Å²) in [5.74, 6) is 0.487. The molecule has 0 saturated heterocycles. The maximum Gasteiger partial charge on any atom is 0.222 e. The van der Waals surface area contributed by atoms with Gasteiger partial charge < -0.3 is 5.32 Å². The van der Waals surface area contributed by atoms with E-state index in [0.29, 0.717) is 10.8 Å². The third-order valence-corrected chi connectivity index (χ3v) is 2.77. The fourth-order valence-corrected chi connectivity index (χ4v) is 2.18. The van der Waals surface area contributed by atoms with Gasteiger partial charge in [0.15, 0.2) is 5.82 Å². The topological polar surface area (TPSA) is 42.0 Å². The van der Waals surface area contributed by atoms with E-state index in [-0.39, 0.29) is 5.91 Å². The van der Waals surface area contributed by atoms with Crippen LogP contribution in [0.5, 0.6) is 0 Å². The molecule has 0 fully saturated rings. The van der Waals surface area contributed by atoms with E-state index in [1.54, 1.807) is 6.07 Å². The number of hydrogen-bond acceptors (Lipinski definition) is 3. The third-order valence-electron chi connectivity index (χ3n) is 1.73. The van der Waals surface area contributed by atoms with Crippen molar-refractivity contribution in [3.63, 3.8) is 0 Å². The molecule has 14 heavy (non-hydrogen) atoms. The number of aromatic nitrogens is 1. The second-order valence-electron chi connectivity index (χ2n) is 2.85. The number of benzene rings is 1. The normalized spacial score (nSPS) is 10.4. The second kappa shape index (κ2) is 3.55. The molecule has 2 aromatic rings. The number of nitrogens with zero attached hydrogens (tertiary/aromatic N) is 1. The van der Waals surface area contributed by atoms with Crippen LogP contribution in [0.25, 0.3) is 10.1 Å². The summed E-state index contributed by atoms with van der Waals surface area (Å²) in [5, 5.41) is 4.27. The van der Waals surface area contributed by atoms with Crippen molar-refractivity contribution in [1.29, 1.82) is 0 Å². The van der Waals surface area contributed by atoms with Gasteiger partial charge >= 0.3 is 0 Å². The molecule has 0 saturated carbocycles. The molecule has 0 unspecified atom stereocenters. The maximum atomic E-state index is 10.8. The number of carbonyl (C=O) groups excluding carboxylic acids is 1. The fraction of sp³-hybridized carbons (Fsp3) is 0.111. The van der Waals surface area contributed by atoms with E-state index in [1.165, 1.54) is 18.5 Å². The van der Waals surface area contributed by atoms with Crippen molar-refractivity contribution in [3.05, 3.63) is 23.2 Å². The van der Waals surface area contributed by atoms with Crippen LogP contribution in [0.2, 0.25) is 5.02 Å². The molecule has 1 aromatic carbocycles. The van der Waals surface area contributed by atoms with Gasteiger partial charge in [0, 0.05) is 17.3 Å². The fourth-order valence-electron chi connectivity index (χ4n) is 1.17. The highest BCUT2D eigenvalue weighted by Gasteiger charge is 2.06. The summed E-state index contributed by atoms with van der Waals surface area (Å²) >= 11 is 7.15. The van der Waals surface area contributed by atoms with Crippen molar-refractivity contribution in [2.75, 3.05) is 5.32 Å². The molecule has 3 nitrogen and oxygen atoms in total. The summed E-state index contributed by atoms with van der Waals surface area (Å²) in [4.78, 5) is 10.8. The van der Waals surface area contributed by atoms with Gasteiger partial charge in [-0.2, -0.15) is 4.37 Å². The van der Waals surface area contributed by atoms with Crippen molar-refractivity contribution < 1.29 is 4.79 Å². The quantitative estimate of drug-likeness (QED) is 0.813. The molecule has 0 radical (unpaired) electrons. The lowest BCUT2D eigenvalue weighted by atomic mass is 10.2. The van der Waals surface area contributed by atoms with E-state index >= 15 is 0 Å². The van der Waals surface area contributed by atoms with Crippen molar-refractivity contribution in [2.45, 2.75) is 6.92 Å². The van der Waals surface area contributed by atoms with E-state index in [4.69, 9.17) is 11.6 Å². The number of amides is 1. The van der Waals surface area contributed by atoms with Crippen LogP contribution in [-0.4, -0.2) is 10.3 Å². The first kappa shape index (κ1) is 9.43. The Hall–Kier alpha value is -1.13. The van der Waals surface area contributed by atoms with Gasteiger partial charge in [0.25, 0.3) is 0 Å². The average Bonchev–Trinajstić information content (AvgIpc) is 2.47. The van der Waals surface area contributed by atoms with Gasteiger partial charge in [-0.1, -0.05) is 11.6 Å². The lowest BCUT2D eigenvalue weighted by Gasteiger charge is -1.96. The number of rotatable bonds is 1. The largest absolute Gasteiger partial charge is 0.310 e. The highest BCUT2D eigenvalue weighted by atomic mass is 35.5. The van der Waals surface area contributed by atoms with E-state index < -0.39 is 0 Å². The molecule has 0 spiro atoms. The van der Waals surface area contributed by atoms with E-state index in [1.807, 2.05) is 12.1 Å². The molecule has 1 N–H and O–H groups in total. The minimum atomic E-state index is -0.118. The maximum absolute atomic E-state index is 10.8. The number of nitrogens with one attached hydrogen (secondary N) is 1. The molecule has 0 aliphatic rings. The van der Waals surface area contributed by atoms with Crippen LogP contribution in [0.1, 0.15) is 6.92 Å². The van der Waals surface area contributed by atoms with Gasteiger partial charge in [-0.05, 0) is 29.7 Å². The van der Waals surface area contributed by atoms with Crippen LogP contribution in [0.15, 0.2) is 18.2 Å². The number of carbonyl (C=O) groups is 1. The first-order valence-corrected chi connectivity index (χ1v) is 5.14. The SMILES string of the molecule is CC(=O)Nc1nsc2cc(Cl)ccc12. The van der Waals surface area contributed by atoms with Gasteiger partial charge in [-0.3, -0.25) is 4.79 Å². The third kappa shape index (κ3) is 1.71. The van der Waals surface area contributed by atoms with Crippen LogP contribution in [-0.2, 0) is 4.79 Å². The first-order chi connectivity index (χ1) is 6.66. The predicted octanol–water partition coefficient (Wildman–Crippen LogP) is 2.91. The molecule has 1 heterocycles. The molecular weight excluding hydrogens is 220 g/mol. The predicted molar refractivity (Wildman–Crippen MR) is 58.9 cm³/mol. The Labute approximate surface area is 89.9 Å². The molecule has 72 valence electrons. The lowest BCUT2D eigenvalue weighted by Crippen LogP contribution is -2.05. The van der Waals surface area contributed by atoms with Crippen molar-refractivity contribution in [3.8, 4) is 0 Å². The Morgan fingerprint density at radius 1 is 1.57 bits per heavy atom. The summed E-state index contributed by atoms with van der Waals surface area (Å²) in [7, 11) is 0. The Morgan fingerprint density at radius 3 is 3.07 bits per heavy atom. The van der Waals surface area contributed by atoms with E-state index in [2.05, 4.69) is 9.69 Å². The Bertz CT molecular complexity index is 495. The molecule has 0 aliphatic carbocycles. The van der Waals surface area contributed by atoms with E-state index in [9.17, 15) is 4.79 Å². The van der Waals surface area contributed by atoms with Gasteiger partial charge in [-0.15, -0.1) is 0 Å². The second-order valence-corrected chi connectivity index (χ2v) is 4.09. The zero-order chi connectivity index (χ0) is 10.1. The molecule has 1 aromatic heterocycles. The summed E-state index contributed by atoms with van der Waals surface area (Å²) in [6, 6.07) is 5.47. The first-order valence-electron chi connectivity index (χ1n) is 3.99. The standard InChI is InChI=1S/C9H7ClN2OS/c1-5(13)11-9-7-3-2-6(10)4-8(7)14-12-9/h2-4H,1H3,(H,11,12,13). The van der Waals surface area contributed by atoms with E-state index in [0.717, 1.165) is 10.1 Å². The van der Waals surface area contributed by atoms with Crippen LogP contribution in [0, 0.1) is 0 Å². The zero-order valence-corrected chi connectivity index (χ0v) is 8.95. The molecule has 2 rings (SSSR count). The van der Waals surface area contributed by atoms with Gasteiger partial charge in [-0.25, -0.2) is 0 Å². The van der Waals surface area contributed by atoms with Crippen LogP contribution < -0.4 is 5.32 Å². The Kier molecular flexibility index (Phi) is 2.39. The Balaban J connectivity index is 2.52. The average molecular weight is 227 g/mol. The van der Waals surface area contributed by atoms with Gasteiger partial charge in [0.2, 0.25) is 5.91 Å². The van der Waals surface area contributed by atoms with Crippen LogP contribution in [0.4, 0.5) is 5.82 Å². The monoisotopic (exact) mass is 226 g/mol. The summed E-state index contributed by atoms with van der Waals surface area (Å²) < 4.78 is 5.10. The highest BCUT2D eigenvalue weighted by molar-refractivity contribution is 7.13. The molecule has 5 heteroatoms. The number of hydrogen-bond donors (Lipinski definition) is 1. The van der Waals surface area contributed by atoms with Gasteiger partial charge in [0.1, 0.15) is 0 Å². The van der Waals surface area contributed by atoms with Crippen LogP contribution >= 0.6 is 23.1 Å². The number of anilines is 1. The Morgan fingerprint density at radius 2 is 2.36 bits per heavy atom. The summed E-state index contributed by atoms with van der Waals surface area (Å²) in [6.07, 6.45) is 0. The molecule has 0 aliphatic heterocycles. The van der Waals surface area contributed by atoms with Crippen LogP contribution in [0.3, 0.4) is 0 Å². The highest BCUT2D eigenvalue weighted by Crippen LogP contribution is 2.28. The lowest BCUT2D eigenvalue weighted by molar-refractivity contribution is -0.114. The minimum absolute atomic E-state index is 0.118. The van der Waals surface area contributed by atoms with Crippen molar-refractivity contribution in [1.82, 2.24) is 4.37 Å². The van der Waals surface area contributed by atoms with Crippen molar-refractivity contribution >= 4 is 44.9 Å². The smallest absolute Gasteiger partial charge is 0.222 e. The zero-order valence-electron chi connectivity index (χ0n) is 7.37. The minimum Gasteiger partial charge on any atom is -0.310 e. The van der Waals surface area contributed by atoms with Gasteiger partial charge in [0.05, 0.1) is 4.70 Å². The molecule has 1 amide bonds. The number of fused-ring (bicyclic) bond motifs is 1. The summed E-state index contributed by atoms with van der Waals surface area (Å²) in [6.45, 7) is 1.46. The summed E-state index contributed by atoms with van der Waals surface area (Å²) in [5.41, 5.74) is 0. The van der Waals surface area contributed by atoms with Crippen molar-refractivity contribution in [2.24, 2.45) is 0 Å². The molecular formula is C9H7ClN2OS. The molecule has 0 atom stereocenters.